The Balaban J connectivity index is 1.73. The van der Waals surface area contributed by atoms with Crippen LogP contribution in [-0.4, -0.2) is 40.7 Å². The molecule has 2 heterocycles. The van der Waals surface area contributed by atoms with Gasteiger partial charge in [-0.1, -0.05) is 19.0 Å². The average molecular weight is 602 g/mol. The van der Waals surface area contributed by atoms with Crippen LogP contribution in [0.5, 0.6) is 5.75 Å². The highest BCUT2D eigenvalue weighted by atomic mass is 127. The van der Waals surface area contributed by atoms with Crippen LogP contribution in [0, 0.1) is 0 Å². The number of alkyl halides is 3. The number of amides is 1. The molecule has 2 N–H and O–H groups in total. The van der Waals surface area contributed by atoms with E-state index in [1.165, 1.54) is 15.2 Å². The maximum absolute atomic E-state index is 13.0. The van der Waals surface area contributed by atoms with Crippen molar-refractivity contribution in [1.29, 1.82) is 0 Å². The summed E-state index contributed by atoms with van der Waals surface area (Å²) in [5.41, 5.74) is -2.26. The minimum atomic E-state index is -4.70. The molecule has 1 unspecified atom stereocenters. The number of aromatic amines is 1. The third-order valence-electron chi connectivity index (χ3n) is 5.07. The Labute approximate surface area is 203 Å². The van der Waals surface area contributed by atoms with Gasteiger partial charge in [-0.05, 0) is 38.5 Å². The van der Waals surface area contributed by atoms with Crippen LogP contribution in [0.1, 0.15) is 39.9 Å². The molecule has 0 bridgehead atoms. The highest BCUT2D eigenvalue weighted by Crippen LogP contribution is 2.43. The first-order chi connectivity index (χ1) is 15.2. The van der Waals surface area contributed by atoms with Gasteiger partial charge in [-0.15, -0.1) is 0 Å². The fraction of sp³-hybridized carbons (Fsp3) is 0.526. The van der Waals surface area contributed by atoms with Crippen molar-refractivity contribution in [2.75, 3.05) is 16.2 Å². The van der Waals surface area contributed by atoms with Crippen LogP contribution in [0.4, 0.5) is 29.3 Å². The van der Waals surface area contributed by atoms with Crippen LogP contribution in [0.25, 0.3) is 0 Å². The number of carbonyl (C=O) groups is 1. The van der Waals surface area contributed by atoms with Gasteiger partial charge in [-0.25, -0.2) is 9.59 Å². The van der Waals surface area contributed by atoms with E-state index in [0.717, 1.165) is 13.8 Å². The minimum Gasteiger partial charge on any atom is -0.486 e. The molecule has 0 radical (unpaired) electrons. The molecule has 9 nitrogen and oxygen atoms in total. The lowest BCUT2D eigenvalue weighted by molar-refractivity contribution is -0.242. The Hall–Kier alpha value is -2.10. The van der Waals surface area contributed by atoms with E-state index in [0.29, 0.717) is 30.2 Å². The summed E-state index contributed by atoms with van der Waals surface area (Å²) in [5, 5.41) is 6.11. The molecule has 33 heavy (non-hydrogen) atoms. The van der Waals surface area contributed by atoms with Crippen molar-refractivity contribution in [2.24, 2.45) is 0 Å². The Bertz CT molecular complexity index is 1070. The molecule has 1 amide bonds. The number of aromatic nitrogens is 2. The average Bonchev–Trinajstić information content (AvgIpc) is 3.13. The van der Waals surface area contributed by atoms with Crippen molar-refractivity contribution < 1.29 is 32.0 Å². The summed E-state index contributed by atoms with van der Waals surface area (Å²) in [4.78, 5) is 25.9. The van der Waals surface area contributed by atoms with E-state index in [1.807, 2.05) is 18.2 Å². The normalized spacial score (nSPS) is 16.7. The minimum absolute atomic E-state index is 0.258. The van der Waals surface area contributed by atoms with Crippen molar-refractivity contribution in [3.63, 3.8) is 0 Å². The summed E-state index contributed by atoms with van der Waals surface area (Å²) < 4.78 is 56.1. The van der Waals surface area contributed by atoms with Crippen LogP contribution in [0.15, 0.2) is 27.5 Å². The third kappa shape index (κ3) is 5.88. The molecule has 0 aliphatic carbocycles. The lowest BCUT2D eigenvalue weighted by Gasteiger charge is -2.37. The zero-order valence-electron chi connectivity index (χ0n) is 18.1. The summed E-state index contributed by atoms with van der Waals surface area (Å²) in [6, 6.07) is 4.73. The molecule has 14 heteroatoms. The first-order valence-corrected chi connectivity index (χ1v) is 13.0. The van der Waals surface area contributed by atoms with Gasteiger partial charge < -0.3 is 13.8 Å². The highest BCUT2D eigenvalue weighted by molar-refractivity contribution is 14.2. The predicted molar refractivity (Wildman–Crippen MR) is 125 cm³/mol. The van der Waals surface area contributed by atoms with Gasteiger partial charge >= 0.3 is 18.0 Å². The van der Waals surface area contributed by atoms with E-state index in [1.54, 1.807) is 12.1 Å². The molecule has 0 saturated heterocycles. The number of ether oxygens (including phenoxy) is 2. The van der Waals surface area contributed by atoms with Crippen LogP contribution >= 0.6 is 30.3 Å². The van der Waals surface area contributed by atoms with E-state index in [2.05, 4.69) is 45.9 Å². The number of hydrogen-bond donors (Lipinski definition) is 2. The molecular weight excluding hydrogens is 580 g/mol. The smallest absolute Gasteiger partial charge is 0.438 e. The molecule has 1 aliphatic heterocycles. The summed E-state index contributed by atoms with van der Waals surface area (Å²) in [6.07, 6.45) is -5.67. The van der Waals surface area contributed by atoms with Crippen molar-refractivity contribution in [3.05, 3.63) is 34.6 Å². The van der Waals surface area contributed by atoms with Crippen molar-refractivity contribution in [1.82, 2.24) is 10.1 Å². The van der Waals surface area contributed by atoms with Crippen LogP contribution in [0.2, 0.25) is 0 Å². The summed E-state index contributed by atoms with van der Waals surface area (Å²) in [7, 11) is 1.40. The lowest BCUT2D eigenvalue weighted by Crippen LogP contribution is -2.44. The lowest BCUT2D eigenvalue weighted by atomic mass is 9.85. The molecule has 0 saturated carbocycles. The number of fused-ring (bicyclic) bond motifs is 1. The van der Waals surface area contributed by atoms with Gasteiger partial charge in [0.2, 0.25) is 5.60 Å². The standard InChI is InChI=1S/C19H22F3IN4O5S/c1-17(2,14-25-16(29)32-26-14)8-11-9-27(33-23)12-7-10(5-6-13(12)30-11)24-15(28)31-18(3,4)19(20,21)22/h5-7,11H,8-9H2,1-4H3,(H,24,28)(H,25,26,29). The maximum Gasteiger partial charge on any atom is 0.438 e. The monoisotopic (exact) mass is 602 g/mol. The summed E-state index contributed by atoms with van der Waals surface area (Å²) in [6.45, 7) is 5.84. The zero-order chi connectivity index (χ0) is 24.6. The van der Waals surface area contributed by atoms with Gasteiger partial charge in [-0.3, -0.25) is 14.8 Å². The quantitative estimate of drug-likeness (QED) is 0.344. The van der Waals surface area contributed by atoms with Gasteiger partial charge in [0.05, 0.1) is 12.2 Å². The van der Waals surface area contributed by atoms with Crippen LogP contribution in [-0.2, 0) is 10.2 Å². The van der Waals surface area contributed by atoms with Gasteiger partial charge in [0.25, 0.3) is 0 Å². The summed E-state index contributed by atoms with van der Waals surface area (Å²) in [5.74, 6) is 0.319. The molecule has 0 fully saturated rings. The number of halogens is 4. The van der Waals surface area contributed by atoms with E-state index >= 15 is 0 Å². The molecule has 1 aromatic heterocycles. The number of anilines is 2. The number of nitrogens with one attached hydrogen (secondary N) is 2. The Morgan fingerprint density at radius 2 is 2.06 bits per heavy atom. The van der Waals surface area contributed by atoms with Crippen LogP contribution < -0.4 is 20.1 Å². The number of benzene rings is 1. The Kier molecular flexibility index (Phi) is 7.17. The van der Waals surface area contributed by atoms with E-state index < -0.39 is 29.0 Å². The fourth-order valence-electron chi connectivity index (χ4n) is 3.18. The van der Waals surface area contributed by atoms with E-state index in [4.69, 9.17) is 4.74 Å². The second kappa shape index (κ2) is 9.27. The first kappa shape index (κ1) is 25.5. The molecule has 1 aromatic carbocycles. The molecule has 2 aromatic rings. The number of H-pyrrole nitrogens is 1. The molecule has 1 aliphatic rings. The van der Waals surface area contributed by atoms with E-state index in [9.17, 15) is 22.8 Å². The van der Waals surface area contributed by atoms with Gasteiger partial charge in [0, 0.05) is 41.4 Å². The Morgan fingerprint density at radius 3 is 2.64 bits per heavy atom. The zero-order valence-corrected chi connectivity index (χ0v) is 21.1. The second-order valence-corrected chi connectivity index (χ2v) is 10.4. The van der Waals surface area contributed by atoms with Gasteiger partial charge in [0.1, 0.15) is 11.9 Å². The number of carbonyl (C=O) groups excluding carboxylic acids is 1. The van der Waals surface area contributed by atoms with E-state index in [-0.39, 0.29) is 11.8 Å². The fourth-order valence-corrected chi connectivity index (χ4v) is 4.74. The van der Waals surface area contributed by atoms with Gasteiger partial charge in [0.15, 0.2) is 5.82 Å². The van der Waals surface area contributed by atoms with Crippen molar-refractivity contribution >= 4 is 47.8 Å². The van der Waals surface area contributed by atoms with Crippen LogP contribution in [0.3, 0.4) is 0 Å². The number of nitrogens with zero attached hydrogens (tertiary/aromatic N) is 2. The van der Waals surface area contributed by atoms with Crippen molar-refractivity contribution in [3.8, 4) is 5.75 Å². The first-order valence-electron chi connectivity index (χ1n) is 9.72. The highest BCUT2D eigenvalue weighted by Gasteiger charge is 2.51. The summed E-state index contributed by atoms with van der Waals surface area (Å²) >= 11 is 2.10. The Morgan fingerprint density at radius 1 is 1.36 bits per heavy atom. The number of rotatable bonds is 6. The molecule has 0 spiro atoms. The van der Waals surface area contributed by atoms with Crippen molar-refractivity contribution in [2.45, 2.75) is 57.4 Å². The third-order valence-corrected chi connectivity index (χ3v) is 7.01. The second-order valence-electron chi connectivity index (χ2n) is 8.61. The molecule has 1 atom stereocenters. The SMILES string of the molecule is CC(C)(CC1CN(SI)c2cc(NC(=O)OC(C)(C)C(F)(F)F)ccc2O1)c1noc(=O)[nH]1. The molecular formula is C19H22F3IN4O5S. The molecule has 182 valence electrons. The molecule has 3 rings (SSSR count). The maximum atomic E-state index is 13.0. The topological polar surface area (TPSA) is 110 Å². The largest absolute Gasteiger partial charge is 0.486 e. The number of hydrogen-bond acceptors (Lipinski definition) is 8. The predicted octanol–water partition coefficient (Wildman–Crippen LogP) is 5.19. The van der Waals surface area contributed by atoms with Gasteiger partial charge in [-0.2, -0.15) is 13.2 Å².